The summed E-state index contributed by atoms with van der Waals surface area (Å²) >= 11 is 1.68. The van der Waals surface area contributed by atoms with Gasteiger partial charge in [0, 0.05) is 31.5 Å². The highest BCUT2D eigenvalue weighted by molar-refractivity contribution is 7.18. The van der Waals surface area contributed by atoms with Gasteiger partial charge in [-0.1, -0.05) is 18.3 Å². The van der Waals surface area contributed by atoms with Crippen molar-refractivity contribution in [1.82, 2.24) is 14.8 Å². The number of anilines is 1. The van der Waals surface area contributed by atoms with Crippen LogP contribution in [0.4, 0.5) is 5.13 Å². The molecule has 0 amide bonds. The molecule has 2 rings (SSSR count). The molecule has 2 heterocycles. The number of nitrogens with one attached hydrogen (secondary N) is 1. The maximum absolute atomic E-state index is 4.44. The second-order valence-corrected chi connectivity index (χ2v) is 4.61. The SMILES string of the molecule is CCNc1ncc(-c2cn(C)nc2CC)s1. The maximum atomic E-state index is 4.44. The molecule has 0 saturated heterocycles. The monoisotopic (exact) mass is 236 g/mol. The summed E-state index contributed by atoms with van der Waals surface area (Å²) in [5.74, 6) is 0. The van der Waals surface area contributed by atoms with Crippen molar-refractivity contribution >= 4 is 16.5 Å². The minimum absolute atomic E-state index is 0.903. The molecule has 0 radical (unpaired) electrons. The summed E-state index contributed by atoms with van der Waals surface area (Å²) in [5, 5.41) is 8.63. The van der Waals surface area contributed by atoms with Gasteiger partial charge in [0.1, 0.15) is 0 Å². The van der Waals surface area contributed by atoms with Crippen molar-refractivity contribution in [3.8, 4) is 10.4 Å². The number of rotatable bonds is 4. The Balaban J connectivity index is 2.34. The number of hydrogen-bond acceptors (Lipinski definition) is 4. The summed E-state index contributed by atoms with van der Waals surface area (Å²) < 4.78 is 1.86. The Hall–Kier alpha value is -1.36. The molecule has 2 aromatic heterocycles. The third kappa shape index (κ3) is 2.09. The van der Waals surface area contributed by atoms with Gasteiger partial charge in [0.25, 0.3) is 0 Å². The largest absolute Gasteiger partial charge is 0.362 e. The predicted molar refractivity (Wildman–Crippen MR) is 67.9 cm³/mol. The fourth-order valence-electron chi connectivity index (χ4n) is 1.63. The summed E-state index contributed by atoms with van der Waals surface area (Å²) in [6, 6.07) is 0. The van der Waals surface area contributed by atoms with E-state index in [0.29, 0.717) is 0 Å². The van der Waals surface area contributed by atoms with Gasteiger partial charge < -0.3 is 5.32 Å². The molecule has 1 N–H and O–H groups in total. The first kappa shape index (κ1) is 11.1. The zero-order valence-corrected chi connectivity index (χ0v) is 10.6. The first-order chi connectivity index (χ1) is 7.74. The van der Waals surface area contributed by atoms with Crippen LogP contribution in [0.25, 0.3) is 10.4 Å². The first-order valence-corrected chi connectivity index (χ1v) is 6.28. The van der Waals surface area contributed by atoms with E-state index < -0.39 is 0 Å². The Bertz CT molecular complexity index is 472. The van der Waals surface area contributed by atoms with Crippen LogP contribution < -0.4 is 5.32 Å². The van der Waals surface area contributed by atoms with Crippen LogP contribution in [0.5, 0.6) is 0 Å². The lowest BCUT2D eigenvalue weighted by Gasteiger charge is -1.95. The van der Waals surface area contributed by atoms with Gasteiger partial charge in [0.15, 0.2) is 5.13 Å². The standard InChI is InChI=1S/C11H16N4S/c1-4-9-8(7-15(3)14-9)10-6-13-11(16-10)12-5-2/h6-7H,4-5H2,1-3H3,(H,12,13). The lowest BCUT2D eigenvalue weighted by atomic mass is 10.2. The Kier molecular flexibility index (Phi) is 3.24. The minimum Gasteiger partial charge on any atom is -0.362 e. The molecule has 5 heteroatoms. The van der Waals surface area contributed by atoms with Gasteiger partial charge in [-0.05, 0) is 13.3 Å². The van der Waals surface area contributed by atoms with Crippen LogP contribution in [0.3, 0.4) is 0 Å². The molecule has 0 spiro atoms. The van der Waals surface area contributed by atoms with Crippen LogP contribution in [0.2, 0.25) is 0 Å². The highest BCUT2D eigenvalue weighted by Gasteiger charge is 2.11. The van der Waals surface area contributed by atoms with E-state index in [1.54, 1.807) is 11.3 Å². The van der Waals surface area contributed by atoms with E-state index in [1.165, 1.54) is 10.4 Å². The van der Waals surface area contributed by atoms with Crippen LogP contribution >= 0.6 is 11.3 Å². The van der Waals surface area contributed by atoms with Crippen LogP contribution in [-0.4, -0.2) is 21.3 Å². The van der Waals surface area contributed by atoms with E-state index in [2.05, 4.69) is 35.4 Å². The summed E-state index contributed by atoms with van der Waals surface area (Å²) in [7, 11) is 1.95. The average Bonchev–Trinajstić information content (AvgIpc) is 2.85. The Morgan fingerprint density at radius 2 is 2.25 bits per heavy atom. The molecule has 0 aliphatic heterocycles. The van der Waals surface area contributed by atoms with E-state index in [1.807, 2.05) is 17.9 Å². The van der Waals surface area contributed by atoms with Crippen molar-refractivity contribution in [2.75, 3.05) is 11.9 Å². The Labute approximate surface area is 99.3 Å². The highest BCUT2D eigenvalue weighted by atomic mass is 32.1. The molecule has 2 aromatic rings. The lowest BCUT2D eigenvalue weighted by Crippen LogP contribution is -1.94. The molecule has 16 heavy (non-hydrogen) atoms. The van der Waals surface area contributed by atoms with Gasteiger partial charge >= 0.3 is 0 Å². The quantitative estimate of drug-likeness (QED) is 0.887. The first-order valence-electron chi connectivity index (χ1n) is 5.47. The molecule has 0 bridgehead atoms. The van der Waals surface area contributed by atoms with E-state index >= 15 is 0 Å². The fourth-order valence-corrected chi connectivity index (χ4v) is 2.55. The van der Waals surface area contributed by atoms with Crippen LogP contribution in [0.15, 0.2) is 12.4 Å². The molecule has 0 aliphatic carbocycles. The number of aryl methyl sites for hydroxylation is 2. The molecule has 0 fully saturated rings. The smallest absolute Gasteiger partial charge is 0.183 e. The van der Waals surface area contributed by atoms with E-state index in [0.717, 1.165) is 23.8 Å². The summed E-state index contributed by atoms with van der Waals surface area (Å²) in [6.45, 7) is 5.10. The van der Waals surface area contributed by atoms with Crippen LogP contribution in [0.1, 0.15) is 19.5 Å². The van der Waals surface area contributed by atoms with Crippen molar-refractivity contribution in [3.63, 3.8) is 0 Å². The third-order valence-electron chi connectivity index (χ3n) is 2.34. The van der Waals surface area contributed by atoms with Gasteiger partial charge in [0.05, 0.1) is 10.6 Å². The van der Waals surface area contributed by atoms with Gasteiger partial charge in [-0.25, -0.2) is 4.98 Å². The van der Waals surface area contributed by atoms with Crippen molar-refractivity contribution in [2.24, 2.45) is 7.05 Å². The van der Waals surface area contributed by atoms with E-state index in [4.69, 9.17) is 0 Å². The summed E-state index contributed by atoms with van der Waals surface area (Å²) in [4.78, 5) is 5.52. The molecular formula is C11H16N4S. The van der Waals surface area contributed by atoms with E-state index in [-0.39, 0.29) is 0 Å². The normalized spacial score (nSPS) is 10.7. The van der Waals surface area contributed by atoms with Gasteiger partial charge in [-0.3, -0.25) is 4.68 Å². The molecular weight excluding hydrogens is 220 g/mol. The Morgan fingerprint density at radius 1 is 1.44 bits per heavy atom. The van der Waals surface area contributed by atoms with Crippen molar-refractivity contribution < 1.29 is 0 Å². The third-order valence-corrected chi connectivity index (χ3v) is 3.33. The molecule has 0 atom stereocenters. The van der Waals surface area contributed by atoms with Crippen molar-refractivity contribution in [2.45, 2.75) is 20.3 Å². The number of thiazole rings is 1. The van der Waals surface area contributed by atoms with Crippen LogP contribution in [-0.2, 0) is 13.5 Å². The average molecular weight is 236 g/mol. The van der Waals surface area contributed by atoms with Gasteiger partial charge in [0.2, 0.25) is 0 Å². The number of aromatic nitrogens is 3. The van der Waals surface area contributed by atoms with Gasteiger partial charge in [-0.2, -0.15) is 5.10 Å². The predicted octanol–water partition coefficient (Wildman–Crippen LogP) is 2.54. The molecule has 0 aliphatic rings. The lowest BCUT2D eigenvalue weighted by molar-refractivity contribution is 0.746. The molecule has 4 nitrogen and oxygen atoms in total. The molecule has 86 valence electrons. The van der Waals surface area contributed by atoms with Gasteiger partial charge in [-0.15, -0.1) is 0 Å². The zero-order chi connectivity index (χ0) is 11.5. The highest BCUT2D eigenvalue weighted by Crippen LogP contribution is 2.30. The van der Waals surface area contributed by atoms with Crippen molar-refractivity contribution in [1.29, 1.82) is 0 Å². The fraction of sp³-hybridized carbons (Fsp3) is 0.455. The maximum Gasteiger partial charge on any atom is 0.183 e. The number of nitrogens with zero attached hydrogens (tertiary/aromatic N) is 3. The van der Waals surface area contributed by atoms with E-state index in [9.17, 15) is 0 Å². The molecule has 0 saturated carbocycles. The minimum atomic E-state index is 0.903. The molecule has 0 aromatic carbocycles. The second-order valence-electron chi connectivity index (χ2n) is 3.58. The topological polar surface area (TPSA) is 42.7 Å². The van der Waals surface area contributed by atoms with Crippen molar-refractivity contribution in [3.05, 3.63) is 18.1 Å². The Morgan fingerprint density at radius 3 is 2.94 bits per heavy atom. The molecule has 0 unspecified atom stereocenters. The summed E-state index contributed by atoms with van der Waals surface area (Å²) in [5.41, 5.74) is 2.33. The van der Waals surface area contributed by atoms with Crippen LogP contribution in [0, 0.1) is 0 Å². The zero-order valence-electron chi connectivity index (χ0n) is 9.82. The number of hydrogen-bond donors (Lipinski definition) is 1. The second kappa shape index (κ2) is 4.65. The summed E-state index contributed by atoms with van der Waals surface area (Å²) in [6.07, 6.45) is 4.92.